The molecule has 16 heavy (non-hydrogen) atoms. The van der Waals surface area contributed by atoms with Crippen molar-refractivity contribution in [3.05, 3.63) is 0 Å². The van der Waals surface area contributed by atoms with E-state index in [1.54, 1.807) is 0 Å². The van der Waals surface area contributed by atoms with Crippen molar-refractivity contribution in [2.75, 3.05) is 0 Å². The van der Waals surface area contributed by atoms with Crippen molar-refractivity contribution in [3.63, 3.8) is 0 Å². The molecule has 2 atom stereocenters. The summed E-state index contributed by atoms with van der Waals surface area (Å²) < 4.78 is 10.1. The zero-order chi connectivity index (χ0) is 11.9. The molecule has 0 aromatic carbocycles. The van der Waals surface area contributed by atoms with Crippen molar-refractivity contribution < 1.29 is 19.1 Å². The summed E-state index contributed by atoms with van der Waals surface area (Å²) in [7, 11) is 0. The van der Waals surface area contributed by atoms with Gasteiger partial charge in [0.25, 0.3) is 0 Å². The van der Waals surface area contributed by atoms with Gasteiger partial charge in [-0.25, -0.2) is 4.79 Å². The maximum Gasteiger partial charge on any atom is 0.348 e. The van der Waals surface area contributed by atoms with Crippen LogP contribution in [0.15, 0.2) is 0 Å². The van der Waals surface area contributed by atoms with Crippen LogP contribution in [0.1, 0.15) is 40.0 Å². The van der Waals surface area contributed by atoms with Crippen molar-refractivity contribution >= 4 is 11.9 Å². The van der Waals surface area contributed by atoms with Crippen LogP contribution in [0.2, 0.25) is 0 Å². The smallest absolute Gasteiger partial charge is 0.348 e. The van der Waals surface area contributed by atoms with E-state index < -0.39 is 17.7 Å². The average Bonchev–Trinajstić information content (AvgIpc) is 2.03. The highest BCUT2D eigenvalue weighted by Gasteiger charge is 2.53. The predicted molar refractivity (Wildman–Crippen MR) is 56.6 cm³/mol. The van der Waals surface area contributed by atoms with Gasteiger partial charge in [0.15, 0.2) is 0 Å². The molecule has 0 N–H and O–H groups in total. The monoisotopic (exact) mass is 226 g/mol. The molecular weight excluding hydrogens is 208 g/mol. The van der Waals surface area contributed by atoms with Crippen molar-refractivity contribution in [1.82, 2.24) is 0 Å². The molecule has 90 valence electrons. The lowest BCUT2D eigenvalue weighted by Gasteiger charge is -2.42. The molecule has 0 aromatic heterocycles. The number of ether oxygens (including phenoxy) is 2. The first kappa shape index (κ1) is 11.4. The highest BCUT2D eigenvalue weighted by Crippen LogP contribution is 2.42. The topological polar surface area (TPSA) is 52.6 Å². The highest BCUT2D eigenvalue weighted by atomic mass is 16.6. The van der Waals surface area contributed by atoms with Crippen LogP contribution in [0.4, 0.5) is 0 Å². The zero-order valence-electron chi connectivity index (χ0n) is 9.99. The van der Waals surface area contributed by atoms with Crippen LogP contribution in [-0.2, 0) is 19.1 Å². The standard InChI is InChI=1S/C12H18O4/c1-12(2,3)16-11(14)9-8(10(13)15-9)7-5-4-6-7/h7-9H,4-6H2,1-3H3/t8-,9+/m0/s1. The minimum absolute atomic E-state index is 0.236. The fraction of sp³-hybridized carbons (Fsp3) is 0.833. The first-order valence-electron chi connectivity index (χ1n) is 5.82. The molecule has 1 heterocycles. The molecule has 1 saturated carbocycles. The SMILES string of the molecule is CC(C)(C)OC(=O)[C@@H]1OC(=O)[C@H]1C1CCC1. The van der Waals surface area contributed by atoms with Gasteiger partial charge in [0.2, 0.25) is 6.10 Å². The van der Waals surface area contributed by atoms with Gasteiger partial charge in [0, 0.05) is 0 Å². The van der Waals surface area contributed by atoms with E-state index in [2.05, 4.69) is 0 Å². The van der Waals surface area contributed by atoms with E-state index in [4.69, 9.17) is 9.47 Å². The molecule has 0 spiro atoms. The number of hydrogen-bond donors (Lipinski definition) is 0. The Bertz CT molecular complexity index is 311. The van der Waals surface area contributed by atoms with Crippen molar-refractivity contribution in [2.24, 2.45) is 11.8 Å². The molecular formula is C12H18O4. The third-order valence-corrected chi connectivity index (χ3v) is 3.14. The molecule has 0 amide bonds. The second kappa shape index (κ2) is 3.75. The predicted octanol–water partition coefficient (Wildman–Crippen LogP) is 1.67. The van der Waals surface area contributed by atoms with Gasteiger partial charge in [0.05, 0.1) is 0 Å². The molecule has 2 rings (SSSR count). The lowest BCUT2D eigenvalue weighted by molar-refractivity contribution is -0.210. The van der Waals surface area contributed by atoms with Crippen LogP contribution < -0.4 is 0 Å². The first-order chi connectivity index (χ1) is 7.38. The maximum atomic E-state index is 11.7. The Morgan fingerprint density at radius 2 is 2.00 bits per heavy atom. The normalized spacial score (nSPS) is 30.1. The summed E-state index contributed by atoms with van der Waals surface area (Å²) >= 11 is 0. The Labute approximate surface area is 95.3 Å². The average molecular weight is 226 g/mol. The number of esters is 2. The second-order valence-electron chi connectivity index (χ2n) is 5.61. The molecule has 2 aliphatic rings. The van der Waals surface area contributed by atoms with Crippen LogP contribution in [-0.4, -0.2) is 23.6 Å². The molecule has 0 radical (unpaired) electrons. The summed E-state index contributed by atoms with van der Waals surface area (Å²) in [5.74, 6) is -0.549. The number of cyclic esters (lactones) is 1. The van der Waals surface area contributed by atoms with Gasteiger partial charge in [-0.2, -0.15) is 0 Å². The summed E-state index contributed by atoms with van der Waals surface area (Å²) in [6, 6.07) is 0. The maximum absolute atomic E-state index is 11.7. The van der Waals surface area contributed by atoms with Gasteiger partial charge in [-0.05, 0) is 39.5 Å². The van der Waals surface area contributed by atoms with Gasteiger partial charge >= 0.3 is 11.9 Å². The fourth-order valence-corrected chi connectivity index (χ4v) is 2.12. The van der Waals surface area contributed by atoms with Gasteiger partial charge in [-0.3, -0.25) is 4.79 Å². The minimum Gasteiger partial charge on any atom is -0.457 e. The number of carbonyl (C=O) groups excluding carboxylic acids is 2. The lowest BCUT2D eigenvalue weighted by Crippen LogP contribution is -2.56. The highest BCUT2D eigenvalue weighted by molar-refractivity contribution is 5.91. The largest absolute Gasteiger partial charge is 0.457 e. The van der Waals surface area contributed by atoms with Gasteiger partial charge in [-0.1, -0.05) is 6.42 Å². The summed E-state index contributed by atoms with van der Waals surface area (Å²) in [6.45, 7) is 5.43. The molecule has 4 nitrogen and oxygen atoms in total. The molecule has 0 bridgehead atoms. The van der Waals surface area contributed by atoms with E-state index in [1.165, 1.54) is 0 Å². The quantitative estimate of drug-likeness (QED) is 0.672. The van der Waals surface area contributed by atoms with Crippen LogP contribution in [0.25, 0.3) is 0 Å². The van der Waals surface area contributed by atoms with E-state index in [0.29, 0.717) is 5.92 Å². The Morgan fingerprint density at radius 3 is 2.38 bits per heavy atom. The third-order valence-electron chi connectivity index (χ3n) is 3.14. The van der Waals surface area contributed by atoms with E-state index in [1.807, 2.05) is 20.8 Å². The van der Waals surface area contributed by atoms with Crippen molar-refractivity contribution in [3.8, 4) is 0 Å². The number of hydrogen-bond acceptors (Lipinski definition) is 4. The second-order valence-corrected chi connectivity index (χ2v) is 5.61. The van der Waals surface area contributed by atoms with E-state index in [0.717, 1.165) is 19.3 Å². The zero-order valence-corrected chi connectivity index (χ0v) is 9.99. The van der Waals surface area contributed by atoms with Crippen molar-refractivity contribution in [2.45, 2.75) is 51.7 Å². The van der Waals surface area contributed by atoms with Crippen LogP contribution in [0.3, 0.4) is 0 Å². The molecule has 1 aliphatic heterocycles. The Balaban J connectivity index is 1.94. The Morgan fingerprint density at radius 1 is 1.38 bits per heavy atom. The first-order valence-corrected chi connectivity index (χ1v) is 5.82. The van der Waals surface area contributed by atoms with E-state index in [-0.39, 0.29) is 11.9 Å². The van der Waals surface area contributed by atoms with Crippen LogP contribution in [0, 0.1) is 11.8 Å². The Hall–Kier alpha value is -1.06. The summed E-state index contributed by atoms with van der Waals surface area (Å²) in [5.41, 5.74) is -0.525. The van der Waals surface area contributed by atoms with E-state index in [9.17, 15) is 9.59 Å². The summed E-state index contributed by atoms with van der Waals surface area (Å²) in [5, 5.41) is 0. The fourth-order valence-electron chi connectivity index (χ4n) is 2.12. The van der Waals surface area contributed by atoms with Crippen LogP contribution >= 0.6 is 0 Å². The molecule has 0 aromatic rings. The lowest BCUT2D eigenvalue weighted by atomic mass is 9.71. The Kier molecular flexibility index (Phi) is 2.68. The molecule has 1 aliphatic carbocycles. The number of carbonyl (C=O) groups is 2. The van der Waals surface area contributed by atoms with Gasteiger partial charge in [-0.15, -0.1) is 0 Å². The number of rotatable bonds is 2. The van der Waals surface area contributed by atoms with Gasteiger partial charge < -0.3 is 9.47 Å². The summed E-state index contributed by atoms with van der Waals surface area (Å²) in [6.07, 6.45) is 2.55. The minimum atomic E-state index is -0.656. The summed E-state index contributed by atoms with van der Waals surface area (Å²) in [4.78, 5) is 23.1. The van der Waals surface area contributed by atoms with E-state index >= 15 is 0 Å². The third kappa shape index (κ3) is 2.06. The molecule has 2 fully saturated rings. The molecule has 1 saturated heterocycles. The van der Waals surface area contributed by atoms with Crippen LogP contribution in [0.5, 0.6) is 0 Å². The van der Waals surface area contributed by atoms with Crippen molar-refractivity contribution in [1.29, 1.82) is 0 Å². The van der Waals surface area contributed by atoms with Gasteiger partial charge in [0.1, 0.15) is 11.5 Å². The molecule has 0 unspecified atom stereocenters. The molecule has 4 heteroatoms.